The van der Waals surface area contributed by atoms with E-state index < -0.39 is 6.36 Å². The molecule has 0 aliphatic rings. The van der Waals surface area contributed by atoms with Crippen LogP contribution in [0.25, 0.3) is 11.1 Å². The van der Waals surface area contributed by atoms with Crippen molar-refractivity contribution >= 4 is 5.82 Å². The summed E-state index contributed by atoms with van der Waals surface area (Å²) < 4.78 is 41.3. The number of rotatable bonds is 3. The largest absolute Gasteiger partial charge is 0.573 e. The topological polar surface area (TPSA) is 48.1 Å². The second-order valence-electron chi connectivity index (χ2n) is 4.13. The number of aryl methyl sites for hydroxylation is 1. The highest BCUT2D eigenvalue weighted by Crippen LogP contribution is 2.35. The summed E-state index contributed by atoms with van der Waals surface area (Å²) in [7, 11) is 0. The van der Waals surface area contributed by atoms with Gasteiger partial charge in [-0.25, -0.2) is 4.98 Å². The number of benzene rings is 1. The molecule has 2 aromatic rings. The highest BCUT2D eigenvalue weighted by molar-refractivity contribution is 5.73. The van der Waals surface area contributed by atoms with Crippen LogP contribution < -0.4 is 10.5 Å². The fraction of sp³-hybridized carbons (Fsp3) is 0.214. The molecule has 0 aliphatic heterocycles. The summed E-state index contributed by atoms with van der Waals surface area (Å²) in [5, 5.41) is 0. The second-order valence-corrected chi connectivity index (χ2v) is 4.13. The Balaban J connectivity index is 2.53. The van der Waals surface area contributed by atoms with Gasteiger partial charge in [0.1, 0.15) is 11.6 Å². The summed E-state index contributed by atoms with van der Waals surface area (Å²) in [6, 6.07) is 9.18. The molecule has 6 heteroatoms. The standard InChI is InChI=1S/C14H13F3N2O/c1-2-11-9(7-8-13(18)19-11)10-5-3-4-6-12(10)20-14(15,16)17/h3-8H,2H2,1H3,(H2,18,19). The molecule has 20 heavy (non-hydrogen) atoms. The molecule has 1 heterocycles. The number of nitrogens with two attached hydrogens (primary N) is 1. The van der Waals surface area contributed by atoms with Crippen molar-refractivity contribution in [2.45, 2.75) is 19.7 Å². The number of hydrogen-bond donors (Lipinski definition) is 1. The van der Waals surface area contributed by atoms with Crippen LogP contribution in [0.15, 0.2) is 36.4 Å². The zero-order valence-electron chi connectivity index (χ0n) is 10.7. The molecule has 1 aromatic carbocycles. The molecular weight excluding hydrogens is 269 g/mol. The molecule has 1 aromatic heterocycles. The third kappa shape index (κ3) is 3.20. The Labute approximate surface area is 114 Å². The third-order valence-corrected chi connectivity index (χ3v) is 2.73. The lowest BCUT2D eigenvalue weighted by molar-refractivity contribution is -0.274. The van der Waals surface area contributed by atoms with Crippen LogP contribution in [0.2, 0.25) is 0 Å². The van der Waals surface area contributed by atoms with Crippen LogP contribution in [0, 0.1) is 0 Å². The average molecular weight is 282 g/mol. The van der Waals surface area contributed by atoms with E-state index in [2.05, 4.69) is 9.72 Å². The van der Waals surface area contributed by atoms with Crippen LogP contribution in [0.4, 0.5) is 19.0 Å². The molecule has 0 saturated carbocycles. The number of pyridine rings is 1. The summed E-state index contributed by atoms with van der Waals surface area (Å²) in [5.41, 5.74) is 7.15. The van der Waals surface area contributed by atoms with Gasteiger partial charge in [0.25, 0.3) is 0 Å². The molecular formula is C14H13F3N2O. The molecule has 0 radical (unpaired) electrons. The minimum atomic E-state index is -4.73. The van der Waals surface area contributed by atoms with Crippen LogP contribution in [-0.2, 0) is 6.42 Å². The maximum Gasteiger partial charge on any atom is 0.573 e. The van der Waals surface area contributed by atoms with Crippen molar-refractivity contribution in [3.63, 3.8) is 0 Å². The van der Waals surface area contributed by atoms with Crippen molar-refractivity contribution in [3.8, 4) is 16.9 Å². The Morgan fingerprint density at radius 1 is 1.10 bits per heavy atom. The first-order chi connectivity index (χ1) is 9.40. The van der Waals surface area contributed by atoms with Gasteiger partial charge in [-0.05, 0) is 24.6 Å². The van der Waals surface area contributed by atoms with E-state index in [9.17, 15) is 13.2 Å². The Kier molecular flexibility index (Phi) is 3.83. The normalized spacial score (nSPS) is 11.4. The van der Waals surface area contributed by atoms with Crippen LogP contribution in [-0.4, -0.2) is 11.3 Å². The number of halogens is 3. The van der Waals surface area contributed by atoms with E-state index in [-0.39, 0.29) is 5.75 Å². The van der Waals surface area contributed by atoms with Crippen molar-refractivity contribution in [3.05, 3.63) is 42.1 Å². The van der Waals surface area contributed by atoms with Gasteiger partial charge in [-0.3, -0.25) is 0 Å². The lowest BCUT2D eigenvalue weighted by atomic mass is 10.0. The Morgan fingerprint density at radius 3 is 2.45 bits per heavy atom. The first kappa shape index (κ1) is 14.2. The van der Waals surface area contributed by atoms with Gasteiger partial charge in [0.2, 0.25) is 0 Å². The van der Waals surface area contributed by atoms with Crippen molar-refractivity contribution in [1.29, 1.82) is 0 Å². The third-order valence-electron chi connectivity index (χ3n) is 2.73. The van der Waals surface area contributed by atoms with E-state index in [1.807, 2.05) is 6.92 Å². The van der Waals surface area contributed by atoms with Crippen LogP contribution in [0.3, 0.4) is 0 Å². The smallest absolute Gasteiger partial charge is 0.405 e. The fourth-order valence-corrected chi connectivity index (χ4v) is 1.94. The van der Waals surface area contributed by atoms with Gasteiger partial charge < -0.3 is 10.5 Å². The Bertz CT molecular complexity index is 612. The summed E-state index contributed by atoms with van der Waals surface area (Å²) in [5.74, 6) is 0.0843. The monoisotopic (exact) mass is 282 g/mol. The second kappa shape index (κ2) is 5.40. The van der Waals surface area contributed by atoms with E-state index in [4.69, 9.17) is 5.73 Å². The average Bonchev–Trinajstić information content (AvgIpc) is 2.38. The molecule has 3 nitrogen and oxygen atoms in total. The minimum Gasteiger partial charge on any atom is -0.405 e. The summed E-state index contributed by atoms with van der Waals surface area (Å²) >= 11 is 0. The minimum absolute atomic E-state index is 0.249. The summed E-state index contributed by atoms with van der Waals surface area (Å²) in [4.78, 5) is 4.15. The van der Waals surface area contributed by atoms with Crippen LogP contribution in [0.1, 0.15) is 12.6 Å². The van der Waals surface area contributed by atoms with E-state index in [1.54, 1.807) is 24.3 Å². The molecule has 0 spiro atoms. The SMILES string of the molecule is CCc1nc(N)ccc1-c1ccccc1OC(F)(F)F. The van der Waals surface area contributed by atoms with Crippen molar-refractivity contribution in [1.82, 2.24) is 4.98 Å². The highest BCUT2D eigenvalue weighted by Gasteiger charge is 2.32. The first-order valence-electron chi connectivity index (χ1n) is 6.01. The van der Waals surface area contributed by atoms with Gasteiger partial charge in [0.15, 0.2) is 0 Å². The molecule has 0 aliphatic carbocycles. The van der Waals surface area contributed by atoms with Gasteiger partial charge >= 0.3 is 6.36 Å². The quantitative estimate of drug-likeness (QED) is 0.931. The van der Waals surface area contributed by atoms with E-state index in [0.717, 1.165) is 0 Å². The van der Waals surface area contributed by atoms with E-state index in [1.165, 1.54) is 12.1 Å². The molecule has 0 unspecified atom stereocenters. The van der Waals surface area contributed by atoms with E-state index in [0.29, 0.717) is 29.1 Å². The summed E-state index contributed by atoms with van der Waals surface area (Å²) in [6.07, 6.45) is -4.18. The maximum absolute atomic E-state index is 12.4. The molecule has 0 bridgehead atoms. The zero-order chi connectivity index (χ0) is 14.8. The van der Waals surface area contributed by atoms with Crippen molar-refractivity contribution in [2.24, 2.45) is 0 Å². The maximum atomic E-state index is 12.4. The highest BCUT2D eigenvalue weighted by atomic mass is 19.4. The van der Waals surface area contributed by atoms with Crippen molar-refractivity contribution < 1.29 is 17.9 Å². The molecule has 0 fully saturated rings. The number of nitrogen functional groups attached to an aromatic ring is 1. The lowest BCUT2D eigenvalue weighted by Gasteiger charge is -2.15. The van der Waals surface area contributed by atoms with Crippen LogP contribution >= 0.6 is 0 Å². The van der Waals surface area contributed by atoms with Gasteiger partial charge in [0.05, 0.1) is 5.69 Å². The number of para-hydroxylation sites is 1. The van der Waals surface area contributed by atoms with E-state index >= 15 is 0 Å². The number of aromatic nitrogens is 1. The molecule has 2 rings (SSSR count). The number of alkyl halides is 3. The lowest BCUT2D eigenvalue weighted by Crippen LogP contribution is -2.17. The molecule has 0 amide bonds. The molecule has 106 valence electrons. The van der Waals surface area contributed by atoms with Crippen LogP contribution in [0.5, 0.6) is 5.75 Å². The predicted molar refractivity (Wildman–Crippen MR) is 70.1 cm³/mol. The Morgan fingerprint density at radius 2 is 1.80 bits per heavy atom. The molecule has 0 saturated heterocycles. The zero-order valence-corrected chi connectivity index (χ0v) is 10.7. The summed E-state index contributed by atoms with van der Waals surface area (Å²) in [6.45, 7) is 1.86. The number of hydrogen-bond acceptors (Lipinski definition) is 3. The van der Waals surface area contributed by atoms with Gasteiger partial charge in [-0.2, -0.15) is 0 Å². The molecule has 2 N–H and O–H groups in total. The Hall–Kier alpha value is -2.24. The fourth-order valence-electron chi connectivity index (χ4n) is 1.94. The number of nitrogens with zero attached hydrogens (tertiary/aromatic N) is 1. The number of anilines is 1. The predicted octanol–water partition coefficient (Wildman–Crippen LogP) is 3.79. The number of ether oxygens (including phenoxy) is 1. The molecule has 0 atom stereocenters. The van der Waals surface area contributed by atoms with Gasteiger partial charge in [0, 0.05) is 11.1 Å². The van der Waals surface area contributed by atoms with Crippen molar-refractivity contribution in [2.75, 3.05) is 5.73 Å². The first-order valence-corrected chi connectivity index (χ1v) is 6.01. The van der Waals surface area contributed by atoms with Gasteiger partial charge in [-0.1, -0.05) is 25.1 Å². The van der Waals surface area contributed by atoms with Gasteiger partial charge in [-0.15, -0.1) is 13.2 Å².